The van der Waals surface area contributed by atoms with Crippen LogP contribution in [0.1, 0.15) is 37.0 Å². The summed E-state index contributed by atoms with van der Waals surface area (Å²) in [5, 5.41) is 2.58. The predicted molar refractivity (Wildman–Crippen MR) is 162 cm³/mol. The van der Waals surface area contributed by atoms with Crippen LogP contribution in [0.25, 0.3) is 0 Å². The Morgan fingerprint density at radius 1 is 0.953 bits per heavy atom. The summed E-state index contributed by atoms with van der Waals surface area (Å²) in [6.07, 6.45) is -4.28. The molecule has 0 aliphatic carbocycles. The van der Waals surface area contributed by atoms with Crippen molar-refractivity contribution >= 4 is 62.3 Å². The Kier molecular flexibility index (Phi) is 11.4. The van der Waals surface area contributed by atoms with Gasteiger partial charge >= 0.3 is 6.18 Å². The number of benzene rings is 3. The number of carbonyl (C=O) groups excluding carboxylic acids is 2. The number of amides is 2. The molecule has 0 spiro atoms. The molecule has 14 heteroatoms. The van der Waals surface area contributed by atoms with Gasteiger partial charge < -0.3 is 10.2 Å². The number of anilines is 1. The van der Waals surface area contributed by atoms with Gasteiger partial charge in [-0.25, -0.2) is 8.42 Å². The Morgan fingerprint density at radius 2 is 1.60 bits per heavy atom. The molecule has 0 heterocycles. The molecule has 0 radical (unpaired) electrons. The van der Waals surface area contributed by atoms with E-state index in [1.807, 2.05) is 6.92 Å². The first kappa shape index (κ1) is 34.5. The number of alkyl halides is 3. The molecular weight excluding hydrogens is 650 g/mol. The van der Waals surface area contributed by atoms with Gasteiger partial charge in [-0.3, -0.25) is 13.9 Å². The Labute approximate surface area is 263 Å². The maximum Gasteiger partial charge on any atom is 0.417 e. The van der Waals surface area contributed by atoms with Crippen molar-refractivity contribution < 1.29 is 31.2 Å². The summed E-state index contributed by atoms with van der Waals surface area (Å²) in [7, 11) is -4.59. The third kappa shape index (κ3) is 8.56. The van der Waals surface area contributed by atoms with E-state index in [4.69, 9.17) is 34.8 Å². The molecule has 0 aliphatic heterocycles. The van der Waals surface area contributed by atoms with Gasteiger partial charge in [-0.1, -0.05) is 65.5 Å². The zero-order valence-electron chi connectivity index (χ0n) is 23.4. The first-order valence-corrected chi connectivity index (χ1v) is 15.6. The highest BCUT2D eigenvalue weighted by atomic mass is 35.5. The zero-order chi connectivity index (χ0) is 32.1. The molecular formula is C29H29Cl3F3N3O4S. The van der Waals surface area contributed by atoms with E-state index in [9.17, 15) is 31.2 Å². The van der Waals surface area contributed by atoms with Crippen LogP contribution in [0.3, 0.4) is 0 Å². The molecule has 43 heavy (non-hydrogen) atoms. The summed E-state index contributed by atoms with van der Waals surface area (Å²) >= 11 is 18.1. The van der Waals surface area contributed by atoms with Crippen molar-refractivity contribution in [2.24, 2.45) is 0 Å². The monoisotopic (exact) mass is 677 g/mol. The summed E-state index contributed by atoms with van der Waals surface area (Å²) in [6.45, 7) is 4.20. The summed E-state index contributed by atoms with van der Waals surface area (Å²) < 4.78 is 69.6. The number of hydrogen-bond donors (Lipinski definition) is 1. The molecule has 0 bridgehead atoms. The number of rotatable bonds is 11. The van der Waals surface area contributed by atoms with Crippen LogP contribution in [0.2, 0.25) is 15.1 Å². The summed E-state index contributed by atoms with van der Waals surface area (Å²) in [5.41, 5.74) is -0.572. The topological polar surface area (TPSA) is 86.8 Å². The number of carbonyl (C=O) groups is 2. The third-order valence-electron chi connectivity index (χ3n) is 6.50. The lowest BCUT2D eigenvalue weighted by molar-refractivity contribution is -0.139. The van der Waals surface area contributed by atoms with Crippen LogP contribution in [-0.4, -0.2) is 44.3 Å². The van der Waals surface area contributed by atoms with Crippen molar-refractivity contribution in [3.05, 3.63) is 92.4 Å². The van der Waals surface area contributed by atoms with Crippen molar-refractivity contribution in [3.63, 3.8) is 0 Å². The molecule has 1 atom stereocenters. The maximum absolute atomic E-state index is 13.9. The van der Waals surface area contributed by atoms with Gasteiger partial charge in [-0.15, -0.1) is 0 Å². The molecule has 0 aromatic heterocycles. The van der Waals surface area contributed by atoms with Gasteiger partial charge in [0, 0.05) is 23.1 Å². The number of hydrogen-bond acceptors (Lipinski definition) is 4. The second-order valence-electron chi connectivity index (χ2n) is 9.71. The summed E-state index contributed by atoms with van der Waals surface area (Å²) in [4.78, 5) is 27.7. The summed E-state index contributed by atoms with van der Waals surface area (Å²) in [6, 6.07) is 11.6. The first-order valence-electron chi connectivity index (χ1n) is 13.0. The molecule has 232 valence electrons. The lowest BCUT2D eigenvalue weighted by Crippen LogP contribution is -2.51. The van der Waals surface area contributed by atoms with E-state index in [0.717, 1.165) is 22.6 Å². The Balaban J connectivity index is 2.13. The number of aryl methyl sites for hydroxylation is 1. The fourth-order valence-electron chi connectivity index (χ4n) is 4.06. The molecule has 1 unspecified atom stereocenters. The van der Waals surface area contributed by atoms with Gasteiger partial charge in [-0.2, -0.15) is 13.2 Å². The lowest BCUT2D eigenvalue weighted by Gasteiger charge is -2.32. The normalized spacial score (nSPS) is 12.5. The van der Waals surface area contributed by atoms with Crippen LogP contribution in [-0.2, 0) is 32.3 Å². The predicted octanol–water partition coefficient (Wildman–Crippen LogP) is 7.11. The largest absolute Gasteiger partial charge is 0.417 e. The highest BCUT2D eigenvalue weighted by molar-refractivity contribution is 7.92. The van der Waals surface area contributed by atoms with Gasteiger partial charge in [-0.05, 0) is 68.3 Å². The van der Waals surface area contributed by atoms with E-state index >= 15 is 0 Å². The fourth-order valence-corrected chi connectivity index (χ4v) is 6.16. The van der Waals surface area contributed by atoms with Crippen LogP contribution in [0.15, 0.2) is 65.6 Å². The number of nitrogens with zero attached hydrogens (tertiary/aromatic N) is 2. The molecule has 3 aromatic rings. The summed E-state index contributed by atoms with van der Waals surface area (Å²) in [5.74, 6) is -1.39. The van der Waals surface area contributed by atoms with Crippen molar-refractivity contribution in [2.75, 3.05) is 17.4 Å². The molecule has 1 N–H and O–H groups in total. The molecule has 0 fully saturated rings. The minimum atomic E-state index is -4.90. The van der Waals surface area contributed by atoms with Crippen LogP contribution >= 0.6 is 34.8 Å². The van der Waals surface area contributed by atoms with Gasteiger partial charge in [0.05, 0.1) is 21.2 Å². The van der Waals surface area contributed by atoms with E-state index in [1.165, 1.54) is 43.3 Å². The van der Waals surface area contributed by atoms with E-state index < -0.39 is 56.9 Å². The van der Waals surface area contributed by atoms with E-state index in [0.29, 0.717) is 33.9 Å². The van der Waals surface area contributed by atoms with Gasteiger partial charge in [0.25, 0.3) is 10.0 Å². The van der Waals surface area contributed by atoms with Gasteiger partial charge in [0.2, 0.25) is 11.8 Å². The third-order valence-corrected chi connectivity index (χ3v) is 9.21. The second-order valence-corrected chi connectivity index (χ2v) is 12.8. The van der Waals surface area contributed by atoms with Crippen molar-refractivity contribution in [2.45, 2.75) is 50.9 Å². The Morgan fingerprint density at radius 3 is 2.19 bits per heavy atom. The number of nitrogens with one attached hydrogen (secondary N) is 1. The standard InChI is InChI=1S/C29H29Cl3F3N3O4S/c1-4-13-36-28(40)19(3)37(16-20-7-8-21(30)14-26(20)32)27(39)17-38(43(41,42)23-10-5-18(2)6-11-23)22-9-12-25(31)24(15-22)29(33,34)35/h5-12,14-15,19H,4,13,16-17H2,1-3H3,(H,36,40). The molecule has 0 saturated carbocycles. The minimum absolute atomic E-state index is 0.197. The number of sulfonamides is 1. The van der Waals surface area contributed by atoms with Crippen LogP contribution < -0.4 is 9.62 Å². The number of halogens is 6. The SMILES string of the molecule is CCCNC(=O)C(C)N(Cc1ccc(Cl)cc1Cl)C(=O)CN(c1ccc(Cl)c(C(F)(F)F)c1)S(=O)(=O)c1ccc(C)cc1. The highest BCUT2D eigenvalue weighted by Gasteiger charge is 2.37. The van der Waals surface area contributed by atoms with Crippen molar-refractivity contribution in [1.82, 2.24) is 10.2 Å². The van der Waals surface area contributed by atoms with Crippen LogP contribution in [0.4, 0.5) is 18.9 Å². The molecule has 7 nitrogen and oxygen atoms in total. The average Bonchev–Trinajstić information content (AvgIpc) is 2.93. The van der Waals surface area contributed by atoms with Gasteiger partial charge in [0.1, 0.15) is 12.6 Å². The first-order chi connectivity index (χ1) is 20.1. The van der Waals surface area contributed by atoms with E-state index in [2.05, 4.69) is 5.32 Å². The quantitative estimate of drug-likeness (QED) is 0.234. The second kappa shape index (κ2) is 14.2. The van der Waals surface area contributed by atoms with Crippen LogP contribution in [0, 0.1) is 6.92 Å². The minimum Gasteiger partial charge on any atom is -0.354 e. The van der Waals surface area contributed by atoms with Crippen molar-refractivity contribution in [1.29, 1.82) is 0 Å². The smallest absolute Gasteiger partial charge is 0.354 e. The van der Waals surface area contributed by atoms with Gasteiger partial charge in [0.15, 0.2) is 0 Å². The zero-order valence-corrected chi connectivity index (χ0v) is 26.5. The fraction of sp³-hybridized carbons (Fsp3) is 0.310. The molecule has 2 amide bonds. The molecule has 0 aliphatic rings. The highest BCUT2D eigenvalue weighted by Crippen LogP contribution is 2.38. The van der Waals surface area contributed by atoms with Crippen molar-refractivity contribution in [3.8, 4) is 0 Å². The lowest BCUT2D eigenvalue weighted by atomic mass is 10.1. The molecule has 3 rings (SSSR count). The molecule has 0 saturated heterocycles. The average molecular weight is 679 g/mol. The molecule has 3 aromatic carbocycles. The Hall–Kier alpha value is -2.99. The van der Waals surface area contributed by atoms with Crippen LogP contribution in [0.5, 0.6) is 0 Å². The van der Waals surface area contributed by atoms with E-state index in [-0.39, 0.29) is 16.5 Å². The van der Waals surface area contributed by atoms with E-state index in [1.54, 1.807) is 13.0 Å². The maximum atomic E-state index is 13.9. The Bertz CT molecular complexity index is 1590.